The number of hydrogen-bond donors (Lipinski definition) is 3. The molecule has 19 heavy (non-hydrogen) atoms. The molecule has 0 saturated carbocycles. The zero-order valence-electron chi connectivity index (χ0n) is 11.6. The Hall–Kier alpha value is -1.41. The highest BCUT2D eigenvalue weighted by Gasteiger charge is 2.26. The van der Waals surface area contributed by atoms with Gasteiger partial charge in [-0.1, -0.05) is 6.92 Å². The quantitative estimate of drug-likeness (QED) is 0.696. The van der Waals surface area contributed by atoms with E-state index in [4.69, 9.17) is 0 Å². The number of nitrogens with zero attached hydrogens (tertiary/aromatic N) is 1. The molecule has 1 unspecified atom stereocenters. The molecule has 0 aromatic carbocycles. The standard InChI is InChI=1S/C11H20N4O3S/c1-5-6-12-11(16)9(4)15-19(17,18)10-7(2)13-14-8(10)3/h9,15H,5-6H2,1-4H3,(H,12,16)(H,13,14). The van der Waals surface area contributed by atoms with Crippen LogP contribution in [0.4, 0.5) is 0 Å². The maximum Gasteiger partial charge on any atom is 0.244 e. The van der Waals surface area contributed by atoms with Crippen LogP contribution in [-0.4, -0.2) is 37.1 Å². The minimum Gasteiger partial charge on any atom is -0.355 e. The third-order valence-electron chi connectivity index (χ3n) is 2.60. The molecule has 0 aliphatic heterocycles. The first kappa shape index (κ1) is 15.6. The Morgan fingerprint density at radius 2 is 2.05 bits per heavy atom. The lowest BCUT2D eigenvalue weighted by Gasteiger charge is -2.14. The lowest BCUT2D eigenvalue weighted by Crippen LogP contribution is -2.45. The highest BCUT2D eigenvalue weighted by atomic mass is 32.2. The van der Waals surface area contributed by atoms with Crippen molar-refractivity contribution in [1.82, 2.24) is 20.2 Å². The van der Waals surface area contributed by atoms with Gasteiger partial charge in [-0.2, -0.15) is 9.82 Å². The molecule has 1 rings (SSSR count). The zero-order chi connectivity index (χ0) is 14.6. The Bertz CT molecular complexity index is 531. The number of H-pyrrole nitrogens is 1. The fourth-order valence-corrected chi connectivity index (χ4v) is 3.26. The van der Waals surface area contributed by atoms with Crippen LogP contribution >= 0.6 is 0 Å². The van der Waals surface area contributed by atoms with Crippen molar-refractivity contribution in [2.45, 2.75) is 45.1 Å². The highest BCUT2D eigenvalue weighted by Crippen LogP contribution is 2.16. The second kappa shape index (κ2) is 6.16. The summed E-state index contributed by atoms with van der Waals surface area (Å²) in [6.45, 7) is 7.17. The van der Waals surface area contributed by atoms with Crippen LogP contribution in [0.1, 0.15) is 31.7 Å². The summed E-state index contributed by atoms with van der Waals surface area (Å²) in [5.74, 6) is -0.343. The van der Waals surface area contributed by atoms with Gasteiger partial charge in [-0.25, -0.2) is 8.42 Å². The van der Waals surface area contributed by atoms with E-state index in [0.717, 1.165) is 6.42 Å². The number of carbonyl (C=O) groups is 1. The lowest BCUT2D eigenvalue weighted by atomic mass is 10.3. The van der Waals surface area contributed by atoms with Gasteiger partial charge < -0.3 is 5.32 Å². The van der Waals surface area contributed by atoms with Gasteiger partial charge in [0.1, 0.15) is 4.90 Å². The summed E-state index contributed by atoms with van der Waals surface area (Å²) in [5.41, 5.74) is 0.831. The van der Waals surface area contributed by atoms with Crippen molar-refractivity contribution in [1.29, 1.82) is 0 Å². The molecule has 8 heteroatoms. The molecule has 1 atom stereocenters. The van der Waals surface area contributed by atoms with Crippen LogP contribution in [0.15, 0.2) is 4.90 Å². The normalized spacial score (nSPS) is 13.3. The van der Waals surface area contributed by atoms with Crippen molar-refractivity contribution in [2.75, 3.05) is 6.54 Å². The lowest BCUT2D eigenvalue weighted by molar-refractivity contribution is -0.122. The number of rotatable bonds is 6. The van der Waals surface area contributed by atoms with Gasteiger partial charge in [0.25, 0.3) is 0 Å². The number of aryl methyl sites for hydroxylation is 2. The van der Waals surface area contributed by atoms with Gasteiger partial charge in [0, 0.05) is 6.54 Å². The zero-order valence-corrected chi connectivity index (χ0v) is 12.4. The monoisotopic (exact) mass is 288 g/mol. The number of hydrogen-bond acceptors (Lipinski definition) is 4. The van der Waals surface area contributed by atoms with E-state index in [9.17, 15) is 13.2 Å². The fourth-order valence-electron chi connectivity index (χ4n) is 1.68. The van der Waals surface area contributed by atoms with Gasteiger partial charge in [0.05, 0.1) is 17.4 Å². The Labute approximate surface area is 113 Å². The Morgan fingerprint density at radius 3 is 2.53 bits per heavy atom. The van der Waals surface area contributed by atoms with Crippen LogP contribution in [-0.2, 0) is 14.8 Å². The third kappa shape index (κ3) is 3.77. The first-order valence-corrected chi connectivity index (χ1v) is 7.59. The molecule has 0 bridgehead atoms. The molecule has 3 N–H and O–H groups in total. The molecular weight excluding hydrogens is 268 g/mol. The van der Waals surface area contributed by atoms with Crippen LogP contribution in [0.2, 0.25) is 0 Å². The number of amides is 1. The molecule has 0 radical (unpaired) electrons. The van der Waals surface area contributed by atoms with Gasteiger partial charge >= 0.3 is 0 Å². The summed E-state index contributed by atoms with van der Waals surface area (Å²) in [6.07, 6.45) is 0.797. The Kier molecular flexibility index (Phi) is 5.07. The molecule has 0 fully saturated rings. The minimum atomic E-state index is -3.75. The Balaban J connectivity index is 2.84. The van der Waals surface area contributed by atoms with E-state index in [-0.39, 0.29) is 10.8 Å². The molecule has 1 aromatic rings. The summed E-state index contributed by atoms with van der Waals surface area (Å²) in [7, 11) is -3.75. The van der Waals surface area contributed by atoms with Gasteiger partial charge in [0.2, 0.25) is 15.9 Å². The molecule has 0 spiro atoms. The summed E-state index contributed by atoms with van der Waals surface area (Å²) < 4.78 is 26.7. The van der Waals surface area contributed by atoms with E-state index in [2.05, 4.69) is 20.2 Å². The van der Waals surface area contributed by atoms with E-state index in [1.165, 1.54) is 6.92 Å². The number of nitrogens with one attached hydrogen (secondary N) is 3. The van der Waals surface area contributed by atoms with Gasteiger partial charge in [-0.3, -0.25) is 9.89 Å². The molecule has 0 aliphatic rings. The topological polar surface area (TPSA) is 104 Å². The SMILES string of the molecule is CCCNC(=O)C(C)NS(=O)(=O)c1c(C)n[nH]c1C. The molecular formula is C11H20N4O3S. The highest BCUT2D eigenvalue weighted by molar-refractivity contribution is 7.89. The summed E-state index contributed by atoms with van der Waals surface area (Å²) in [6, 6.07) is -0.828. The third-order valence-corrected chi connectivity index (χ3v) is 4.41. The Morgan fingerprint density at radius 1 is 1.42 bits per heavy atom. The maximum absolute atomic E-state index is 12.2. The second-order valence-electron chi connectivity index (χ2n) is 4.40. The number of carbonyl (C=O) groups excluding carboxylic acids is 1. The summed E-state index contributed by atoms with van der Waals surface area (Å²) >= 11 is 0. The number of sulfonamides is 1. The molecule has 7 nitrogen and oxygen atoms in total. The molecule has 1 heterocycles. The molecule has 0 aliphatic carbocycles. The number of aromatic nitrogens is 2. The predicted octanol–water partition coefficient (Wildman–Crippen LogP) is 0.220. The summed E-state index contributed by atoms with van der Waals surface area (Å²) in [4.78, 5) is 11.8. The largest absolute Gasteiger partial charge is 0.355 e. The average molecular weight is 288 g/mol. The van der Waals surface area contributed by atoms with Gasteiger partial charge in [-0.05, 0) is 27.2 Å². The molecule has 108 valence electrons. The smallest absolute Gasteiger partial charge is 0.244 e. The van der Waals surface area contributed by atoms with Crippen LogP contribution < -0.4 is 10.0 Å². The van der Waals surface area contributed by atoms with E-state index in [1.807, 2.05) is 6.92 Å². The fraction of sp³-hybridized carbons (Fsp3) is 0.636. The van der Waals surface area contributed by atoms with Crippen molar-refractivity contribution in [3.63, 3.8) is 0 Å². The molecule has 1 aromatic heterocycles. The minimum absolute atomic E-state index is 0.0997. The van der Waals surface area contributed by atoms with Crippen LogP contribution in [0.5, 0.6) is 0 Å². The van der Waals surface area contributed by atoms with Crippen LogP contribution in [0.25, 0.3) is 0 Å². The van der Waals surface area contributed by atoms with Gasteiger partial charge in [-0.15, -0.1) is 0 Å². The first-order chi connectivity index (χ1) is 8.79. The van der Waals surface area contributed by atoms with E-state index in [0.29, 0.717) is 17.9 Å². The average Bonchev–Trinajstić information content (AvgIpc) is 2.65. The van der Waals surface area contributed by atoms with Crippen LogP contribution in [0.3, 0.4) is 0 Å². The first-order valence-electron chi connectivity index (χ1n) is 6.11. The molecule has 1 amide bonds. The van der Waals surface area contributed by atoms with E-state index in [1.54, 1.807) is 13.8 Å². The molecule has 0 saturated heterocycles. The predicted molar refractivity (Wildman–Crippen MR) is 71.1 cm³/mol. The van der Waals surface area contributed by atoms with Crippen molar-refractivity contribution in [3.05, 3.63) is 11.4 Å². The van der Waals surface area contributed by atoms with E-state index >= 15 is 0 Å². The maximum atomic E-state index is 12.2. The van der Waals surface area contributed by atoms with Crippen molar-refractivity contribution >= 4 is 15.9 Å². The van der Waals surface area contributed by atoms with Crippen molar-refractivity contribution < 1.29 is 13.2 Å². The second-order valence-corrected chi connectivity index (χ2v) is 6.05. The van der Waals surface area contributed by atoms with Crippen LogP contribution in [0, 0.1) is 13.8 Å². The number of aromatic amines is 1. The van der Waals surface area contributed by atoms with Gasteiger partial charge in [0.15, 0.2) is 0 Å². The van der Waals surface area contributed by atoms with Crippen molar-refractivity contribution in [3.8, 4) is 0 Å². The van der Waals surface area contributed by atoms with E-state index < -0.39 is 16.1 Å². The summed E-state index contributed by atoms with van der Waals surface area (Å²) in [5, 5.41) is 9.09. The van der Waals surface area contributed by atoms with Crippen molar-refractivity contribution in [2.24, 2.45) is 0 Å².